The molecule has 2 aliphatic carbocycles. The average molecular weight is 347 g/mol. The first-order valence-electron chi connectivity index (χ1n) is 9.61. The molecule has 1 heterocycles. The lowest BCUT2D eigenvalue weighted by molar-refractivity contribution is -0.137. The van der Waals surface area contributed by atoms with E-state index in [9.17, 15) is 14.4 Å². The normalized spacial score (nSPS) is 29.6. The lowest BCUT2D eigenvalue weighted by atomic mass is 9.73. The summed E-state index contributed by atoms with van der Waals surface area (Å²) in [6, 6.07) is -0.427. The minimum absolute atomic E-state index is 0.115. The first-order chi connectivity index (χ1) is 12.0. The van der Waals surface area contributed by atoms with E-state index in [0.717, 1.165) is 43.4 Å². The SMILES string of the molecule is C[C@H]1CCCC[C@]12NC(=O)N(CC(=O)NCCC1=CCCCC1)C2=O. The van der Waals surface area contributed by atoms with Gasteiger partial charge in [-0.25, -0.2) is 4.79 Å². The highest BCUT2D eigenvalue weighted by Crippen LogP contribution is 2.38. The fraction of sp³-hybridized carbons (Fsp3) is 0.737. The summed E-state index contributed by atoms with van der Waals surface area (Å²) in [5, 5.41) is 5.73. The van der Waals surface area contributed by atoms with E-state index in [-0.39, 0.29) is 24.3 Å². The Morgan fingerprint density at radius 3 is 2.88 bits per heavy atom. The van der Waals surface area contributed by atoms with Crippen LogP contribution in [0.5, 0.6) is 0 Å². The number of nitrogens with one attached hydrogen (secondary N) is 2. The van der Waals surface area contributed by atoms with Crippen LogP contribution < -0.4 is 10.6 Å². The first-order valence-corrected chi connectivity index (χ1v) is 9.61. The topological polar surface area (TPSA) is 78.5 Å². The van der Waals surface area contributed by atoms with Gasteiger partial charge in [0, 0.05) is 6.54 Å². The Labute approximate surface area is 149 Å². The molecule has 0 unspecified atom stereocenters. The van der Waals surface area contributed by atoms with Gasteiger partial charge in [-0.1, -0.05) is 31.4 Å². The fourth-order valence-electron chi connectivity index (χ4n) is 4.33. The largest absolute Gasteiger partial charge is 0.354 e. The molecule has 1 saturated carbocycles. The van der Waals surface area contributed by atoms with E-state index >= 15 is 0 Å². The molecule has 1 spiro atoms. The number of allylic oxidation sites excluding steroid dienone is 1. The van der Waals surface area contributed by atoms with Crippen molar-refractivity contribution in [2.24, 2.45) is 5.92 Å². The van der Waals surface area contributed by atoms with Crippen molar-refractivity contribution >= 4 is 17.8 Å². The Morgan fingerprint density at radius 1 is 1.32 bits per heavy atom. The molecule has 2 atom stereocenters. The number of carbonyl (C=O) groups is 3. The van der Waals surface area contributed by atoms with E-state index in [1.54, 1.807) is 0 Å². The van der Waals surface area contributed by atoms with E-state index in [0.29, 0.717) is 13.0 Å². The molecule has 6 heteroatoms. The van der Waals surface area contributed by atoms with Crippen molar-refractivity contribution < 1.29 is 14.4 Å². The summed E-state index contributed by atoms with van der Waals surface area (Å²) in [4.78, 5) is 38.4. The van der Waals surface area contributed by atoms with Crippen LogP contribution in [0.3, 0.4) is 0 Å². The maximum atomic E-state index is 12.8. The van der Waals surface area contributed by atoms with Gasteiger partial charge in [0.1, 0.15) is 12.1 Å². The number of hydrogen-bond donors (Lipinski definition) is 2. The summed E-state index contributed by atoms with van der Waals surface area (Å²) in [5.41, 5.74) is 0.610. The summed E-state index contributed by atoms with van der Waals surface area (Å²) < 4.78 is 0. The van der Waals surface area contributed by atoms with Crippen LogP contribution in [-0.2, 0) is 9.59 Å². The summed E-state index contributed by atoms with van der Waals surface area (Å²) in [5.74, 6) is -0.376. The molecule has 0 aromatic carbocycles. The molecule has 0 bridgehead atoms. The smallest absolute Gasteiger partial charge is 0.325 e. The van der Waals surface area contributed by atoms with Crippen LogP contribution in [-0.4, -0.2) is 41.4 Å². The number of urea groups is 1. The Kier molecular flexibility index (Phi) is 5.45. The predicted octanol–water partition coefficient (Wildman–Crippen LogP) is 2.49. The molecule has 3 aliphatic rings. The molecule has 2 N–H and O–H groups in total. The quantitative estimate of drug-likeness (QED) is 0.592. The zero-order valence-electron chi connectivity index (χ0n) is 15.1. The third-order valence-electron chi connectivity index (χ3n) is 5.96. The minimum atomic E-state index is -0.789. The average Bonchev–Trinajstić information content (AvgIpc) is 2.84. The number of hydrogen-bond acceptors (Lipinski definition) is 3. The molecule has 2 fully saturated rings. The van der Waals surface area contributed by atoms with Crippen molar-refractivity contribution in [3.05, 3.63) is 11.6 Å². The number of rotatable bonds is 5. The van der Waals surface area contributed by atoms with Crippen LogP contribution in [0, 0.1) is 5.92 Å². The van der Waals surface area contributed by atoms with Gasteiger partial charge in [-0.3, -0.25) is 14.5 Å². The minimum Gasteiger partial charge on any atom is -0.354 e. The number of nitrogens with zero attached hydrogens (tertiary/aromatic N) is 1. The molecule has 1 saturated heterocycles. The highest BCUT2D eigenvalue weighted by atomic mass is 16.2. The maximum absolute atomic E-state index is 12.8. The maximum Gasteiger partial charge on any atom is 0.325 e. The van der Waals surface area contributed by atoms with Crippen molar-refractivity contribution in [2.45, 2.75) is 70.3 Å². The molecule has 3 rings (SSSR count). The number of carbonyl (C=O) groups excluding carboxylic acids is 3. The van der Waals surface area contributed by atoms with Crippen LogP contribution in [0.15, 0.2) is 11.6 Å². The van der Waals surface area contributed by atoms with E-state index < -0.39 is 11.6 Å². The molecule has 6 nitrogen and oxygen atoms in total. The highest BCUT2D eigenvalue weighted by Gasteiger charge is 2.55. The molecule has 25 heavy (non-hydrogen) atoms. The van der Waals surface area contributed by atoms with Crippen molar-refractivity contribution in [3.8, 4) is 0 Å². The fourth-order valence-corrected chi connectivity index (χ4v) is 4.33. The molecule has 0 aromatic heterocycles. The number of amides is 4. The Morgan fingerprint density at radius 2 is 2.16 bits per heavy atom. The monoisotopic (exact) mass is 347 g/mol. The van der Waals surface area contributed by atoms with Crippen LogP contribution in [0.25, 0.3) is 0 Å². The van der Waals surface area contributed by atoms with Gasteiger partial charge in [-0.05, 0) is 50.9 Å². The second kappa shape index (κ2) is 7.58. The number of imide groups is 1. The van der Waals surface area contributed by atoms with Crippen molar-refractivity contribution in [1.29, 1.82) is 0 Å². The Hall–Kier alpha value is -1.85. The standard InChI is InChI=1S/C19H29N3O3/c1-14-7-5-6-11-19(14)17(24)22(18(25)21-19)13-16(23)20-12-10-15-8-3-2-4-9-15/h8,14H,2-7,9-13H2,1H3,(H,20,23)(H,21,25)/t14-,19-/m0/s1. The summed E-state index contributed by atoms with van der Waals surface area (Å²) in [7, 11) is 0. The van der Waals surface area contributed by atoms with Crippen LogP contribution in [0.2, 0.25) is 0 Å². The predicted molar refractivity (Wildman–Crippen MR) is 94.8 cm³/mol. The van der Waals surface area contributed by atoms with Gasteiger partial charge in [0.15, 0.2) is 0 Å². The van der Waals surface area contributed by atoms with Gasteiger partial charge >= 0.3 is 6.03 Å². The Balaban J connectivity index is 1.51. The molecule has 138 valence electrons. The second-order valence-electron chi connectivity index (χ2n) is 7.65. The second-order valence-corrected chi connectivity index (χ2v) is 7.65. The third kappa shape index (κ3) is 3.72. The van der Waals surface area contributed by atoms with Gasteiger partial charge in [-0.2, -0.15) is 0 Å². The zero-order chi connectivity index (χ0) is 17.9. The van der Waals surface area contributed by atoms with Crippen molar-refractivity contribution in [3.63, 3.8) is 0 Å². The van der Waals surface area contributed by atoms with Gasteiger partial charge in [0.05, 0.1) is 0 Å². The van der Waals surface area contributed by atoms with E-state index in [1.807, 2.05) is 6.92 Å². The zero-order valence-corrected chi connectivity index (χ0v) is 15.1. The third-order valence-corrected chi connectivity index (χ3v) is 5.96. The molecule has 4 amide bonds. The lowest BCUT2D eigenvalue weighted by Crippen LogP contribution is -2.54. The highest BCUT2D eigenvalue weighted by molar-refractivity contribution is 6.09. The van der Waals surface area contributed by atoms with Crippen LogP contribution in [0.4, 0.5) is 4.79 Å². The van der Waals surface area contributed by atoms with Crippen molar-refractivity contribution in [1.82, 2.24) is 15.5 Å². The molecule has 0 aromatic rings. The van der Waals surface area contributed by atoms with Crippen LogP contribution in [0.1, 0.15) is 64.7 Å². The van der Waals surface area contributed by atoms with Gasteiger partial charge in [0.25, 0.3) is 5.91 Å². The first kappa shape index (κ1) is 18.0. The molecule has 1 aliphatic heterocycles. The van der Waals surface area contributed by atoms with E-state index in [1.165, 1.54) is 18.4 Å². The van der Waals surface area contributed by atoms with Crippen LogP contribution >= 0.6 is 0 Å². The van der Waals surface area contributed by atoms with Gasteiger partial charge in [0.2, 0.25) is 5.91 Å². The Bertz CT molecular complexity index is 586. The molecular formula is C19H29N3O3. The van der Waals surface area contributed by atoms with E-state index in [2.05, 4.69) is 16.7 Å². The summed E-state index contributed by atoms with van der Waals surface area (Å²) in [6.45, 7) is 2.40. The van der Waals surface area contributed by atoms with Gasteiger partial charge in [-0.15, -0.1) is 0 Å². The summed E-state index contributed by atoms with van der Waals surface area (Å²) in [6.07, 6.45) is 11.5. The van der Waals surface area contributed by atoms with Gasteiger partial charge < -0.3 is 10.6 Å². The molecule has 0 radical (unpaired) electrons. The molecular weight excluding hydrogens is 318 g/mol. The summed E-state index contributed by atoms with van der Waals surface area (Å²) >= 11 is 0. The van der Waals surface area contributed by atoms with E-state index in [4.69, 9.17) is 0 Å². The van der Waals surface area contributed by atoms with Crippen molar-refractivity contribution in [2.75, 3.05) is 13.1 Å². The lowest BCUT2D eigenvalue weighted by Gasteiger charge is -2.36.